The molecule has 1 heterocycles. The topological polar surface area (TPSA) is 46.2 Å². The number of rotatable bonds is 3. The van der Waals surface area contributed by atoms with Crippen molar-refractivity contribution in [3.63, 3.8) is 0 Å². The number of hydrogen-bond donors (Lipinski definition) is 1. The molecular formula is C15H17NO2. The minimum Gasteiger partial charge on any atom is -0.288 e. The lowest BCUT2D eigenvalue weighted by Gasteiger charge is -2.13. The van der Waals surface area contributed by atoms with E-state index in [1.807, 2.05) is 18.2 Å². The molecule has 1 aliphatic heterocycles. The summed E-state index contributed by atoms with van der Waals surface area (Å²) in [5, 5.41) is 2.37. The third kappa shape index (κ3) is 1.86. The van der Waals surface area contributed by atoms with Crippen LogP contribution >= 0.6 is 0 Å². The van der Waals surface area contributed by atoms with Crippen molar-refractivity contribution in [3.05, 3.63) is 40.5 Å². The number of benzene rings is 1. The summed E-state index contributed by atoms with van der Waals surface area (Å²) in [6, 6.07) is 6.04. The zero-order chi connectivity index (χ0) is 13.3. The molecule has 0 aromatic heterocycles. The quantitative estimate of drug-likeness (QED) is 0.827. The van der Waals surface area contributed by atoms with Crippen molar-refractivity contribution in [1.29, 1.82) is 0 Å². The van der Waals surface area contributed by atoms with E-state index in [1.165, 1.54) is 0 Å². The average molecular weight is 243 g/mol. The Kier molecular flexibility index (Phi) is 3.32. The largest absolute Gasteiger partial charge is 0.288 e. The highest BCUT2D eigenvalue weighted by atomic mass is 16.2. The third-order valence-electron chi connectivity index (χ3n) is 3.42. The summed E-state index contributed by atoms with van der Waals surface area (Å²) in [4.78, 5) is 23.5. The fourth-order valence-corrected chi connectivity index (χ4v) is 2.41. The summed E-state index contributed by atoms with van der Waals surface area (Å²) < 4.78 is 0. The fourth-order valence-electron chi connectivity index (χ4n) is 2.41. The van der Waals surface area contributed by atoms with Crippen molar-refractivity contribution in [3.8, 4) is 0 Å². The molecule has 0 saturated carbocycles. The van der Waals surface area contributed by atoms with E-state index in [2.05, 4.69) is 19.2 Å². The molecule has 1 aromatic rings. The van der Waals surface area contributed by atoms with Gasteiger partial charge in [0, 0.05) is 5.57 Å². The Balaban J connectivity index is 2.71. The Morgan fingerprint density at radius 2 is 1.56 bits per heavy atom. The molecule has 3 heteroatoms. The first kappa shape index (κ1) is 12.6. The van der Waals surface area contributed by atoms with Crippen molar-refractivity contribution in [2.45, 2.75) is 33.6 Å². The van der Waals surface area contributed by atoms with Crippen LogP contribution in [0.3, 0.4) is 0 Å². The third-order valence-corrected chi connectivity index (χ3v) is 3.42. The molecule has 94 valence electrons. The number of imide groups is 1. The van der Waals surface area contributed by atoms with E-state index in [0.29, 0.717) is 11.1 Å². The van der Waals surface area contributed by atoms with Gasteiger partial charge in [0.15, 0.2) is 0 Å². The minimum absolute atomic E-state index is 0.270. The van der Waals surface area contributed by atoms with E-state index in [0.717, 1.165) is 29.5 Å². The van der Waals surface area contributed by atoms with Gasteiger partial charge in [-0.1, -0.05) is 32.0 Å². The molecule has 0 saturated heterocycles. The molecule has 1 N–H and O–H groups in total. The van der Waals surface area contributed by atoms with Crippen LogP contribution in [0.5, 0.6) is 0 Å². The first-order chi connectivity index (χ1) is 8.60. The first-order valence-corrected chi connectivity index (χ1v) is 6.27. The smallest absolute Gasteiger partial charge is 0.259 e. The highest BCUT2D eigenvalue weighted by Crippen LogP contribution is 2.30. The second-order valence-electron chi connectivity index (χ2n) is 4.44. The number of aryl methyl sites for hydroxylation is 2. The zero-order valence-corrected chi connectivity index (χ0v) is 11.0. The summed E-state index contributed by atoms with van der Waals surface area (Å²) in [6.45, 7) is 5.83. The van der Waals surface area contributed by atoms with Crippen LogP contribution in [0.4, 0.5) is 0 Å². The normalized spacial score (nSPS) is 15.3. The van der Waals surface area contributed by atoms with Crippen LogP contribution in [0.1, 0.15) is 37.5 Å². The van der Waals surface area contributed by atoms with Gasteiger partial charge in [-0.05, 0) is 36.5 Å². The maximum absolute atomic E-state index is 11.9. The number of nitrogens with one attached hydrogen (secondary N) is 1. The fraction of sp³-hybridized carbons (Fsp3) is 0.333. The summed E-state index contributed by atoms with van der Waals surface area (Å²) in [7, 11) is 0. The van der Waals surface area contributed by atoms with Crippen molar-refractivity contribution in [2.24, 2.45) is 0 Å². The van der Waals surface area contributed by atoms with Gasteiger partial charge >= 0.3 is 0 Å². The molecule has 2 amide bonds. The second-order valence-corrected chi connectivity index (χ2v) is 4.44. The van der Waals surface area contributed by atoms with Crippen LogP contribution in [0.2, 0.25) is 0 Å². The number of carbonyl (C=O) groups excluding carboxylic acids is 2. The molecule has 0 fully saturated rings. The maximum Gasteiger partial charge on any atom is 0.259 e. The second kappa shape index (κ2) is 4.77. The molecule has 0 aliphatic carbocycles. The van der Waals surface area contributed by atoms with Crippen molar-refractivity contribution < 1.29 is 9.59 Å². The Morgan fingerprint density at radius 1 is 1.00 bits per heavy atom. The van der Waals surface area contributed by atoms with Gasteiger partial charge in [-0.2, -0.15) is 0 Å². The van der Waals surface area contributed by atoms with E-state index in [9.17, 15) is 9.59 Å². The molecule has 0 unspecified atom stereocenters. The van der Waals surface area contributed by atoms with Gasteiger partial charge in [-0.25, -0.2) is 0 Å². The molecule has 0 atom stereocenters. The minimum atomic E-state index is -0.275. The molecule has 1 aromatic carbocycles. The van der Waals surface area contributed by atoms with Crippen LogP contribution in [0, 0.1) is 0 Å². The number of carbonyl (C=O) groups is 2. The lowest BCUT2D eigenvalue weighted by atomic mass is 9.90. The molecule has 0 spiro atoms. The highest BCUT2D eigenvalue weighted by molar-refractivity contribution is 6.36. The van der Waals surface area contributed by atoms with Crippen LogP contribution in [0.25, 0.3) is 5.57 Å². The molecule has 3 nitrogen and oxygen atoms in total. The van der Waals surface area contributed by atoms with Crippen LogP contribution in [-0.2, 0) is 22.4 Å². The van der Waals surface area contributed by atoms with Crippen LogP contribution in [-0.4, -0.2) is 11.8 Å². The summed E-state index contributed by atoms with van der Waals surface area (Å²) in [6.07, 6.45) is 1.70. The monoisotopic (exact) mass is 243 g/mol. The predicted octanol–water partition coefficient (Wildman–Crippen LogP) is 2.24. The van der Waals surface area contributed by atoms with Gasteiger partial charge in [0.05, 0.1) is 5.57 Å². The van der Waals surface area contributed by atoms with E-state index < -0.39 is 0 Å². The van der Waals surface area contributed by atoms with E-state index in [-0.39, 0.29) is 11.8 Å². The van der Waals surface area contributed by atoms with Crippen LogP contribution in [0.15, 0.2) is 23.8 Å². The van der Waals surface area contributed by atoms with Crippen molar-refractivity contribution in [2.75, 3.05) is 0 Å². The SMILES string of the molecule is CCc1cccc(CC)c1C1=C(C)C(=O)NC1=O. The summed E-state index contributed by atoms with van der Waals surface area (Å²) in [5.41, 5.74) is 4.26. The van der Waals surface area contributed by atoms with Gasteiger partial charge in [-0.15, -0.1) is 0 Å². The summed E-state index contributed by atoms with van der Waals surface area (Å²) in [5.74, 6) is -0.545. The van der Waals surface area contributed by atoms with E-state index in [4.69, 9.17) is 0 Å². The molecule has 18 heavy (non-hydrogen) atoms. The number of amides is 2. The predicted molar refractivity (Wildman–Crippen MR) is 70.9 cm³/mol. The average Bonchev–Trinajstić information content (AvgIpc) is 2.62. The van der Waals surface area contributed by atoms with Gasteiger partial charge in [0.25, 0.3) is 11.8 Å². The lowest BCUT2D eigenvalue weighted by molar-refractivity contribution is -0.123. The molecule has 1 aliphatic rings. The molecule has 2 rings (SSSR count). The van der Waals surface area contributed by atoms with Crippen LogP contribution < -0.4 is 5.32 Å². The van der Waals surface area contributed by atoms with Gasteiger partial charge in [0.1, 0.15) is 0 Å². The molecule has 0 radical (unpaired) electrons. The van der Waals surface area contributed by atoms with Gasteiger partial charge < -0.3 is 0 Å². The molecular weight excluding hydrogens is 226 g/mol. The zero-order valence-electron chi connectivity index (χ0n) is 11.0. The van der Waals surface area contributed by atoms with Gasteiger partial charge in [-0.3, -0.25) is 14.9 Å². The van der Waals surface area contributed by atoms with E-state index in [1.54, 1.807) is 6.92 Å². The Morgan fingerprint density at radius 3 is 1.94 bits per heavy atom. The maximum atomic E-state index is 11.9. The van der Waals surface area contributed by atoms with E-state index >= 15 is 0 Å². The standard InChI is InChI=1S/C15H17NO2/c1-4-10-7-6-8-11(5-2)13(10)12-9(3)14(17)16-15(12)18/h6-8H,4-5H2,1-3H3,(H,16,17,18). The Bertz CT molecular complexity index is 533. The van der Waals surface area contributed by atoms with Crippen molar-refractivity contribution in [1.82, 2.24) is 5.32 Å². The van der Waals surface area contributed by atoms with Gasteiger partial charge in [0.2, 0.25) is 0 Å². The number of hydrogen-bond acceptors (Lipinski definition) is 2. The molecule has 0 bridgehead atoms. The highest BCUT2D eigenvalue weighted by Gasteiger charge is 2.30. The Labute approximate surface area is 107 Å². The lowest BCUT2D eigenvalue weighted by Crippen LogP contribution is -2.23. The van der Waals surface area contributed by atoms with Crippen molar-refractivity contribution >= 4 is 17.4 Å². The Hall–Kier alpha value is -1.90. The summed E-state index contributed by atoms with van der Waals surface area (Å²) >= 11 is 0. The first-order valence-electron chi connectivity index (χ1n) is 6.27.